The SMILES string of the molecule is CC1CCN(S(=O)(=O)c2ccc(C(=O)Nc3nnc(Cc4ccccc4)o3)cc2)CC1. The summed E-state index contributed by atoms with van der Waals surface area (Å²) in [6.07, 6.45) is 2.18. The average Bonchev–Trinajstić information content (AvgIpc) is 3.21. The number of benzene rings is 2. The summed E-state index contributed by atoms with van der Waals surface area (Å²) in [5.74, 6) is 0.472. The molecule has 1 amide bonds. The first-order valence-corrected chi connectivity index (χ1v) is 11.6. The lowest BCUT2D eigenvalue weighted by atomic mass is 10.0. The molecule has 2 aromatic carbocycles. The largest absolute Gasteiger partial charge is 0.407 e. The Balaban J connectivity index is 1.40. The van der Waals surface area contributed by atoms with Crippen molar-refractivity contribution in [3.8, 4) is 0 Å². The van der Waals surface area contributed by atoms with Crippen molar-refractivity contribution in [1.82, 2.24) is 14.5 Å². The number of hydrogen-bond donors (Lipinski definition) is 1. The molecule has 0 bridgehead atoms. The van der Waals surface area contributed by atoms with Crippen LogP contribution in [-0.2, 0) is 16.4 Å². The van der Waals surface area contributed by atoms with Gasteiger partial charge in [-0.25, -0.2) is 8.42 Å². The van der Waals surface area contributed by atoms with E-state index in [1.165, 1.54) is 28.6 Å². The van der Waals surface area contributed by atoms with Gasteiger partial charge >= 0.3 is 6.01 Å². The predicted molar refractivity (Wildman–Crippen MR) is 115 cm³/mol. The molecule has 1 aliphatic rings. The molecule has 0 unspecified atom stereocenters. The van der Waals surface area contributed by atoms with Crippen LogP contribution < -0.4 is 5.32 Å². The molecule has 1 fully saturated rings. The number of carbonyl (C=O) groups is 1. The van der Waals surface area contributed by atoms with E-state index in [0.29, 0.717) is 36.9 Å². The minimum absolute atomic E-state index is 0.00457. The highest BCUT2D eigenvalue weighted by molar-refractivity contribution is 7.89. The fraction of sp³-hybridized carbons (Fsp3) is 0.318. The van der Waals surface area contributed by atoms with Gasteiger partial charge in [-0.3, -0.25) is 10.1 Å². The average molecular weight is 441 g/mol. The summed E-state index contributed by atoms with van der Waals surface area (Å²) in [6, 6.07) is 15.5. The quantitative estimate of drug-likeness (QED) is 0.630. The Hall–Kier alpha value is -3.04. The molecule has 4 rings (SSSR count). The maximum atomic E-state index is 12.8. The Kier molecular flexibility index (Phi) is 6.15. The van der Waals surface area contributed by atoms with Crippen molar-refractivity contribution < 1.29 is 17.6 Å². The molecule has 1 saturated heterocycles. The van der Waals surface area contributed by atoms with E-state index in [9.17, 15) is 13.2 Å². The number of hydrogen-bond acceptors (Lipinski definition) is 6. The van der Waals surface area contributed by atoms with Crippen LogP contribution in [0, 0.1) is 5.92 Å². The Morgan fingerprint density at radius 1 is 1.06 bits per heavy atom. The fourth-order valence-electron chi connectivity index (χ4n) is 3.47. The first-order valence-electron chi connectivity index (χ1n) is 10.2. The summed E-state index contributed by atoms with van der Waals surface area (Å²) in [5, 5.41) is 10.3. The van der Waals surface area contributed by atoms with Gasteiger partial charge in [0.1, 0.15) is 0 Å². The summed E-state index contributed by atoms with van der Waals surface area (Å²) < 4.78 is 32.6. The number of amides is 1. The molecule has 9 heteroatoms. The van der Waals surface area contributed by atoms with Gasteiger partial charge in [0.05, 0.1) is 11.3 Å². The van der Waals surface area contributed by atoms with Crippen molar-refractivity contribution in [2.75, 3.05) is 18.4 Å². The molecule has 1 N–H and O–H groups in total. The molecule has 8 nitrogen and oxygen atoms in total. The van der Waals surface area contributed by atoms with Crippen molar-refractivity contribution in [2.24, 2.45) is 5.92 Å². The minimum Gasteiger partial charge on any atom is -0.407 e. The number of nitrogens with one attached hydrogen (secondary N) is 1. The van der Waals surface area contributed by atoms with E-state index in [4.69, 9.17) is 4.42 Å². The van der Waals surface area contributed by atoms with Gasteiger partial charge in [-0.05, 0) is 48.6 Å². The Morgan fingerprint density at radius 3 is 2.42 bits per heavy atom. The third-order valence-electron chi connectivity index (χ3n) is 5.38. The smallest absolute Gasteiger partial charge is 0.322 e. The van der Waals surface area contributed by atoms with Gasteiger partial charge in [0.15, 0.2) is 0 Å². The lowest BCUT2D eigenvalue weighted by Crippen LogP contribution is -2.37. The Morgan fingerprint density at radius 2 is 1.74 bits per heavy atom. The summed E-state index contributed by atoms with van der Waals surface area (Å²) in [5.41, 5.74) is 1.32. The maximum Gasteiger partial charge on any atom is 0.322 e. The van der Waals surface area contributed by atoms with Gasteiger partial charge in [-0.2, -0.15) is 4.31 Å². The summed E-state index contributed by atoms with van der Waals surface area (Å²) in [4.78, 5) is 12.7. The van der Waals surface area contributed by atoms with Crippen LogP contribution in [0.2, 0.25) is 0 Å². The van der Waals surface area contributed by atoms with E-state index in [1.54, 1.807) is 0 Å². The highest BCUT2D eigenvalue weighted by Crippen LogP contribution is 2.24. The van der Waals surface area contributed by atoms with E-state index in [0.717, 1.165) is 18.4 Å². The third-order valence-corrected chi connectivity index (χ3v) is 7.30. The van der Waals surface area contributed by atoms with Crippen LogP contribution in [0.25, 0.3) is 0 Å². The zero-order chi connectivity index (χ0) is 21.8. The van der Waals surface area contributed by atoms with E-state index >= 15 is 0 Å². The van der Waals surface area contributed by atoms with E-state index in [1.807, 2.05) is 30.3 Å². The number of piperidine rings is 1. The molecule has 0 radical (unpaired) electrons. The number of sulfonamides is 1. The molecule has 1 aliphatic heterocycles. The normalized spacial score (nSPS) is 15.6. The lowest BCUT2D eigenvalue weighted by Gasteiger charge is -2.29. The Bertz CT molecular complexity index is 1140. The molecule has 31 heavy (non-hydrogen) atoms. The van der Waals surface area contributed by atoms with Crippen LogP contribution in [0.5, 0.6) is 0 Å². The first-order chi connectivity index (χ1) is 14.9. The van der Waals surface area contributed by atoms with Gasteiger partial charge < -0.3 is 4.42 Å². The molecule has 2 heterocycles. The van der Waals surface area contributed by atoms with E-state index < -0.39 is 15.9 Å². The van der Waals surface area contributed by atoms with Crippen molar-refractivity contribution in [2.45, 2.75) is 31.1 Å². The van der Waals surface area contributed by atoms with Crippen LogP contribution in [0.1, 0.15) is 41.6 Å². The molecule has 0 aliphatic carbocycles. The third kappa shape index (κ3) is 5.00. The standard InChI is InChI=1S/C22H24N4O4S/c1-16-11-13-26(14-12-16)31(28,29)19-9-7-18(8-10-19)21(27)23-22-25-24-20(30-22)15-17-5-3-2-4-6-17/h2-10,16H,11-15H2,1H3,(H,23,25,27). The zero-order valence-corrected chi connectivity index (χ0v) is 18.0. The first kappa shape index (κ1) is 21.2. The van der Waals surface area contributed by atoms with Crippen LogP contribution in [0.4, 0.5) is 6.01 Å². The topological polar surface area (TPSA) is 105 Å². The Labute approximate surface area is 181 Å². The molecular formula is C22H24N4O4S. The molecule has 0 atom stereocenters. The predicted octanol–water partition coefficient (Wildman–Crippen LogP) is 3.33. The second-order valence-corrected chi connectivity index (χ2v) is 9.67. The highest BCUT2D eigenvalue weighted by atomic mass is 32.2. The van der Waals surface area contributed by atoms with Crippen molar-refractivity contribution in [3.05, 3.63) is 71.6 Å². The van der Waals surface area contributed by atoms with Crippen LogP contribution in [-0.4, -0.2) is 41.9 Å². The highest BCUT2D eigenvalue weighted by Gasteiger charge is 2.28. The number of aromatic nitrogens is 2. The maximum absolute atomic E-state index is 12.8. The van der Waals surface area contributed by atoms with Crippen LogP contribution in [0.3, 0.4) is 0 Å². The molecular weight excluding hydrogens is 416 g/mol. The van der Waals surface area contributed by atoms with E-state index in [-0.39, 0.29) is 10.9 Å². The lowest BCUT2D eigenvalue weighted by molar-refractivity contribution is 0.102. The van der Waals surface area contributed by atoms with Crippen molar-refractivity contribution >= 4 is 21.9 Å². The fourth-order valence-corrected chi connectivity index (χ4v) is 4.94. The molecule has 162 valence electrons. The number of rotatable bonds is 6. The number of nitrogens with zero attached hydrogens (tertiary/aromatic N) is 3. The monoisotopic (exact) mass is 440 g/mol. The second-order valence-electron chi connectivity index (χ2n) is 7.73. The zero-order valence-electron chi connectivity index (χ0n) is 17.2. The van der Waals surface area contributed by atoms with Gasteiger partial charge in [0, 0.05) is 18.7 Å². The number of carbonyl (C=O) groups excluding carboxylic acids is 1. The molecule has 0 saturated carbocycles. The molecule has 0 spiro atoms. The van der Waals surface area contributed by atoms with E-state index in [2.05, 4.69) is 22.4 Å². The number of anilines is 1. The van der Waals surface area contributed by atoms with Crippen molar-refractivity contribution in [1.29, 1.82) is 0 Å². The van der Waals surface area contributed by atoms with Gasteiger partial charge in [-0.1, -0.05) is 42.4 Å². The van der Waals surface area contributed by atoms with Gasteiger partial charge in [0.25, 0.3) is 5.91 Å². The van der Waals surface area contributed by atoms with Crippen LogP contribution in [0.15, 0.2) is 63.9 Å². The van der Waals surface area contributed by atoms with Gasteiger partial charge in [-0.15, -0.1) is 5.10 Å². The van der Waals surface area contributed by atoms with Gasteiger partial charge in [0.2, 0.25) is 15.9 Å². The van der Waals surface area contributed by atoms with Crippen molar-refractivity contribution in [3.63, 3.8) is 0 Å². The van der Waals surface area contributed by atoms with Crippen LogP contribution >= 0.6 is 0 Å². The second kappa shape index (κ2) is 8.99. The summed E-state index contributed by atoms with van der Waals surface area (Å²) >= 11 is 0. The summed E-state index contributed by atoms with van der Waals surface area (Å²) in [6.45, 7) is 3.17. The molecule has 3 aromatic rings. The molecule has 1 aromatic heterocycles. The summed E-state index contributed by atoms with van der Waals surface area (Å²) in [7, 11) is -3.55. The minimum atomic E-state index is -3.55.